The van der Waals surface area contributed by atoms with E-state index in [1.54, 1.807) is 26.0 Å². The molecule has 0 saturated carbocycles. The van der Waals surface area contributed by atoms with Gasteiger partial charge in [-0.15, -0.1) is 0 Å². The van der Waals surface area contributed by atoms with Crippen LogP contribution in [0.3, 0.4) is 0 Å². The maximum atomic E-state index is 11.7. The first-order chi connectivity index (χ1) is 6.85. The lowest BCUT2D eigenvalue weighted by atomic mass is 10.2. The summed E-state index contributed by atoms with van der Waals surface area (Å²) in [7, 11) is -3.20. The second kappa shape index (κ2) is 4.28. The van der Waals surface area contributed by atoms with Crippen molar-refractivity contribution in [1.29, 1.82) is 0 Å². The standard InChI is InChI=1S/C10H13NO2S2/c1-7(2)15(12,13)9-5-3-8(4-6-9)10(11)14/h3-7H,1-2H3,(H2,11,14). The van der Waals surface area contributed by atoms with Crippen molar-refractivity contribution >= 4 is 27.0 Å². The van der Waals surface area contributed by atoms with E-state index < -0.39 is 15.1 Å². The smallest absolute Gasteiger partial charge is 0.180 e. The molecule has 1 rings (SSSR count). The minimum atomic E-state index is -3.20. The van der Waals surface area contributed by atoms with Gasteiger partial charge >= 0.3 is 0 Å². The van der Waals surface area contributed by atoms with E-state index in [-0.39, 0.29) is 4.99 Å². The minimum Gasteiger partial charge on any atom is -0.389 e. The normalized spacial score (nSPS) is 11.7. The van der Waals surface area contributed by atoms with Crippen molar-refractivity contribution in [3.05, 3.63) is 29.8 Å². The predicted octanol–water partition coefficient (Wildman–Crippen LogP) is 1.50. The van der Waals surface area contributed by atoms with Crippen molar-refractivity contribution < 1.29 is 8.42 Å². The Morgan fingerprint density at radius 3 is 2.07 bits per heavy atom. The van der Waals surface area contributed by atoms with Crippen molar-refractivity contribution in [2.75, 3.05) is 0 Å². The Morgan fingerprint density at radius 2 is 1.73 bits per heavy atom. The van der Waals surface area contributed by atoms with Crippen LogP contribution in [-0.4, -0.2) is 18.7 Å². The zero-order chi connectivity index (χ0) is 11.6. The third kappa shape index (κ3) is 2.54. The SMILES string of the molecule is CC(C)S(=O)(=O)c1ccc(C(N)=S)cc1. The molecule has 5 heteroatoms. The van der Waals surface area contributed by atoms with Gasteiger partial charge in [0.25, 0.3) is 0 Å². The van der Waals surface area contributed by atoms with Gasteiger partial charge in [-0.2, -0.15) is 0 Å². The fraction of sp³-hybridized carbons (Fsp3) is 0.300. The van der Waals surface area contributed by atoms with Crippen LogP contribution < -0.4 is 5.73 Å². The van der Waals surface area contributed by atoms with Gasteiger partial charge in [0.05, 0.1) is 10.1 Å². The lowest BCUT2D eigenvalue weighted by Crippen LogP contribution is -2.14. The average molecular weight is 243 g/mol. The molecule has 1 aromatic carbocycles. The third-order valence-electron chi connectivity index (χ3n) is 2.09. The fourth-order valence-corrected chi connectivity index (χ4v) is 2.28. The van der Waals surface area contributed by atoms with Crippen molar-refractivity contribution in [3.63, 3.8) is 0 Å². The summed E-state index contributed by atoms with van der Waals surface area (Å²) in [5.41, 5.74) is 6.09. The summed E-state index contributed by atoms with van der Waals surface area (Å²) < 4.78 is 23.5. The molecule has 82 valence electrons. The van der Waals surface area contributed by atoms with E-state index in [1.165, 1.54) is 12.1 Å². The van der Waals surface area contributed by atoms with Gasteiger partial charge in [0, 0.05) is 5.56 Å². The lowest BCUT2D eigenvalue weighted by molar-refractivity contribution is 0.587. The fourth-order valence-electron chi connectivity index (χ4n) is 1.08. The molecule has 0 aliphatic rings. The highest BCUT2D eigenvalue weighted by Gasteiger charge is 2.18. The van der Waals surface area contributed by atoms with Gasteiger partial charge in [0.1, 0.15) is 4.99 Å². The summed E-state index contributed by atoms with van der Waals surface area (Å²) in [6, 6.07) is 6.31. The van der Waals surface area contributed by atoms with E-state index >= 15 is 0 Å². The molecular weight excluding hydrogens is 230 g/mol. The number of nitrogens with two attached hydrogens (primary N) is 1. The quantitative estimate of drug-likeness (QED) is 0.817. The molecule has 0 bridgehead atoms. The Hall–Kier alpha value is -0.940. The molecule has 0 aliphatic heterocycles. The number of hydrogen-bond acceptors (Lipinski definition) is 3. The number of rotatable bonds is 3. The summed E-state index contributed by atoms with van der Waals surface area (Å²) in [6.07, 6.45) is 0. The summed E-state index contributed by atoms with van der Waals surface area (Å²) in [4.78, 5) is 0.570. The molecule has 1 aromatic rings. The van der Waals surface area contributed by atoms with Crippen LogP contribution in [0.2, 0.25) is 0 Å². The second-order valence-electron chi connectivity index (χ2n) is 3.48. The van der Waals surface area contributed by atoms with Crippen LogP contribution >= 0.6 is 12.2 Å². The third-order valence-corrected chi connectivity index (χ3v) is 4.49. The molecule has 0 aliphatic carbocycles. The summed E-state index contributed by atoms with van der Waals surface area (Å²) in [5.74, 6) is 0. The highest BCUT2D eigenvalue weighted by atomic mass is 32.2. The van der Waals surface area contributed by atoms with Crippen LogP contribution in [0.4, 0.5) is 0 Å². The van der Waals surface area contributed by atoms with E-state index in [2.05, 4.69) is 0 Å². The van der Waals surface area contributed by atoms with E-state index in [4.69, 9.17) is 18.0 Å². The molecule has 0 spiro atoms. The van der Waals surface area contributed by atoms with Gasteiger partial charge in [-0.1, -0.05) is 24.4 Å². The molecule has 15 heavy (non-hydrogen) atoms. The maximum absolute atomic E-state index is 11.7. The zero-order valence-electron chi connectivity index (χ0n) is 8.60. The summed E-state index contributed by atoms with van der Waals surface area (Å²) in [6.45, 7) is 3.30. The first-order valence-electron chi connectivity index (χ1n) is 4.49. The van der Waals surface area contributed by atoms with Crippen LogP contribution in [0, 0.1) is 0 Å². The molecule has 0 saturated heterocycles. The maximum Gasteiger partial charge on any atom is 0.180 e. The molecular formula is C10H13NO2S2. The van der Waals surface area contributed by atoms with Crippen molar-refractivity contribution in [2.24, 2.45) is 5.73 Å². The van der Waals surface area contributed by atoms with Crippen LogP contribution in [0.25, 0.3) is 0 Å². The molecule has 0 heterocycles. The zero-order valence-corrected chi connectivity index (χ0v) is 10.2. The van der Waals surface area contributed by atoms with Crippen LogP contribution in [0.5, 0.6) is 0 Å². The van der Waals surface area contributed by atoms with E-state index in [0.717, 1.165) is 0 Å². The molecule has 0 atom stereocenters. The summed E-state index contributed by atoms with van der Waals surface area (Å²) in [5, 5.41) is -0.423. The van der Waals surface area contributed by atoms with Crippen LogP contribution in [0.15, 0.2) is 29.2 Å². The molecule has 0 unspecified atom stereocenters. The Labute approximate surface area is 95.2 Å². The van der Waals surface area contributed by atoms with Crippen molar-refractivity contribution in [2.45, 2.75) is 24.0 Å². The molecule has 3 nitrogen and oxygen atoms in total. The van der Waals surface area contributed by atoms with E-state index in [0.29, 0.717) is 10.5 Å². The van der Waals surface area contributed by atoms with Gasteiger partial charge < -0.3 is 5.73 Å². The van der Waals surface area contributed by atoms with Crippen molar-refractivity contribution in [1.82, 2.24) is 0 Å². The molecule has 2 N–H and O–H groups in total. The van der Waals surface area contributed by atoms with Gasteiger partial charge in [0.2, 0.25) is 0 Å². The van der Waals surface area contributed by atoms with E-state index in [9.17, 15) is 8.42 Å². The Kier molecular flexibility index (Phi) is 3.46. The first-order valence-corrected chi connectivity index (χ1v) is 6.45. The van der Waals surface area contributed by atoms with Crippen LogP contribution in [-0.2, 0) is 9.84 Å². The Balaban J connectivity index is 3.15. The lowest BCUT2D eigenvalue weighted by Gasteiger charge is -2.07. The second-order valence-corrected chi connectivity index (χ2v) is 6.43. The number of benzene rings is 1. The summed E-state index contributed by atoms with van der Waals surface area (Å²) >= 11 is 4.78. The first kappa shape index (κ1) is 12.1. The van der Waals surface area contributed by atoms with Gasteiger partial charge in [-0.3, -0.25) is 0 Å². The monoisotopic (exact) mass is 243 g/mol. The molecule has 0 fully saturated rings. The largest absolute Gasteiger partial charge is 0.389 e. The van der Waals surface area contributed by atoms with Gasteiger partial charge in [-0.25, -0.2) is 8.42 Å². The van der Waals surface area contributed by atoms with Gasteiger partial charge in [-0.05, 0) is 26.0 Å². The number of sulfone groups is 1. The average Bonchev–Trinajstić information content (AvgIpc) is 2.17. The van der Waals surface area contributed by atoms with Crippen LogP contribution in [0.1, 0.15) is 19.4 Å². The molecule has 0 amide bonds. The number of hydrogen-bond donors (Lipinski definition) is 1. The highest BCUT2D eigenvalue weighted by Crippen LogP contribution is 2.16. The Morgan fingerprint density at radius 1 is 1.27 bits per heavy atom. The molecule has 0 radical (unpaired) electrons. The highest BCUT2D eigenvalue weighted by molar-refractivity contribution is 7.92. The van der Waals surface area contributed by atoms with E-state index in [1.807, 2.05) is 0 Å². The molecule has 0 aromatic heterocycles. The number of thiocarbonyl (C=S) groups is 1. The minimum absolute atomic E-state index is 0.267. The van der Waals surface area contributed by atoms with Crippen molar-refractivity contribution in [3.8, 4) is 0 Å². The topological polar surface area (TPSA) is 60.2 Å². The predicted molar refractivity (Wildman–Crippen MR) is 64.7 cm³/mol. The Bertz CT molecular complexity index is 461. The van der Waals surface area contributed by atoms with Gasteiger partial charge in [0.15, 0.2) is 9.84 Å².